The highest BCUT2D eigenvalue weighted by Crippen LogP contribution is 2.33. The van der Waals surface area contributed by atoms with Gasteiger partial charge in [-0.3, -0.25) is 4.79 Å². The highest BCUT2D eigenvalue weighted by molar-refractivity contribution is 7.10. The molecule has 2 aromatic rings. The lowest BCUT2D eigenvalue weighted by Gasteiger charge is -2.24. The minimum absolute atomic E-state index is 0.0651. The smallest absolute Gasteiger partial charge is 0.254 e. The first-order valence-corrected chi connectivity index (χ1v) is 7.77. The van der Waals surface area contributed by atoms with E-state index in [2.05, 4.69) is 16.8 Å². The van der Waals surface area contributed by atoms with Crippen molar-refractivity contribution in [3.8, 4) is 0 Å². The first kappa shape index (κ1) is 13.2. The molecular formula is C16H18N2OS. The number of hydrogen-bond acceptors (Lipinski definition) is 3. The van der Waals surface area contributed by atoms with Crippen molar-refractivity contribution in [1.29, 1.82) is 0 Å². The van der Waals surface area contributed by atoms with Crippen LogP contribution in [0.3, 0.4) is 0 Å². The molecule has 1 aromatic heterocycles. The molecule has 1 heterocycles. The maximum atomic E-state index is 12.5. The maximum absolute atomic E-state index is 12.5. The zero-order chi connectivity index (χ0) is 14.1. The molecule has 1 amide bonds. The lowest BCUT2D eigenvalue weighted by atomic mass is 9.93. The topological polar surface area (TPSA) is 55.1 Å². The third-order valence-corrected chi connectivity index (χ3v) is 4.89. The Morgan fingerprint density at radius 3 is 3.05 bits per heavy atom. The van der Waals surface area contributed by atoms with Crippen molar-refractivity contribution in [1.82, 2.24) is 5.32 Å². The van der Waals surface area contributed by atoms with Crippen LogP contribution in [0, 0.1) is 6.92 Å². The van der Waals surface area contributed by atoms with Crippen molar-refractivity contribution in [3.05, 3.63) is 51.2 Å². The number of thiophene rings is 1. The van der Waals surface area contributed by atoms with E-state index in [-0.39, 0.29) is 11.9 Å². The van der Waals surface area contributed by atoms with E-state index in [0.717, 1.165) is 24.8 Å². The number of carbonyl (C=O) groups excluding carboxylic acids is 1. The molecule has 0 bridgehead atoms. The highest BCUT2D eigenvalue weighted by atomic mass is 32.1. The lowest BCUT2D eigenvalue weighted by Crippen LogP contribution is -2.31. The Morgan fingerprint density at radius 1 is 1.40 bits per heavy atom. The largest absolute Gasteiger partial charge is 0.398 e. The van der Waals surface area contributed by atoms with E-state index in [0.29, 0.717) is 11.3 Å². The Morgan fingerprint density at radius 2 is 2.25 bits per heavy atom. The molecule has 1 aliphatic rings. The third kappa shape index (κ3) is 2.31. The van der Waals surface area contributed by atoms with E-state index in [9.17, 15) is 4.79 Å². The van der Waals surface area contributed by atoms with Crippen molar-refractivity contribution in [2.45, 2.75) is 32.2 Å². The average molecular weight is 286 g/mol. The number of nitrogens with one attached hydrogen (secondary N) is 1. The van der Waals surface area contributed by atoms with Crippen molar-refractivity contribution >= 4 is 22.9 Å². The van der Waals surface area contributed by atoms with Crippen LogP contribution < -0.4 is 11.1 Å². The van der Waals surface area contributed by atoms with Gasteiger partial charge < -0.3 is 11.1 Å². The van der Waals surface area contributed by atoms with Crippen molar-refractivity contribution < 1.29 is 4.79 Å². The molecule has 3 N–H and O–H groups in total. The summed E-state index contributed by atoms with van der Waals surface area (Å²) in [5.74, 6) is -0.0651. The molecule has 1 aromatic carbocycles. The molecule has 0 saturated heterocycles. The van der Waals surface area contributed by atoms with Crippen molar-refractivity contribution in [2.75, 3.05) is 5.73 Å². The summed E-state index contributed by atoms with van der Waals surface area (Å²) in [5.41, 5.74) is 9.29. The Bertz CT molecular complexity index is 627. The molecule has 0 fully saturated rings. The number of benzene rings is 1. The Balaban J connectivity index is 1.85. The van der Waals surface area contributed by atoms with Gasteiger partial charge in [-0.2, -0.15) is 0 Å². The van der Waals surface area contributed by atoms with Gasteiger partial charge in [0, 0.05) is 10.6 Å². The second-order valence-corrected chi connectivity index (χ2v) is 6.26. The van der Waals surface area contributed by atoms with Gasteiger partial charge >= 0.3 is 0 Å². The van der Waals surface area contributed by atoms with Gasteiger partial charge in [0.05, 0.1) is 11.6 Å². The van der Waals surface area contributed by atoms with Gasteiger partial charge in [0.1, 0.15) is 0 Å². The lowest BCUT2D eigenvalue weighted by molar-refractivity contribution is 0.0933. The number of anilines is 1. The first-order chi connectivity index (χ1) is 9.66. The molecule has 20 heavy (non-hydrogen) atoms. The molecule has 4 heteroatoms. The fourth-order valence-corrected chi connectivity index (χ4v) is 3.85. The summed E-state index contributed by atoms with van der Waals surface area (Å²) >= 11 is 1.78. The van der Waals surface area contributed by atoms with Gasteiger partial charge in [0.15, 0.2) is 0 Å². The predicted octanol–water partition coefficient (Wildman–Crippen LogP) is 3.45. The standard InChI is InChI=1S/C16H18N2OS/c1-10-4-2-5-12(17)15(10)16(19)18-13-6-3-7-14-11(13)8-9-20-14/h2,4-5,8-9,13H,3,6-7,17H2,1H3,(H,18,19). The van der Waals surface area contributed by atoms with E-state index >= 15 is 0 Å². The van der Waals surface area contributed by atoms with E-state index in [1.165, 1.54) is 10.4 Å². The second kappa shape index (κ2) is 5.29. The zero-order valence-corrected chi connectivity index (χ0v) is 12.3. The number of amides is 1. The summed E-state index contributed by atoms with van der Waals surface area (Å²) < 4.78 is 0. The summed E-state index contributed by atoms with van der Waals surface area (Å²) in [4.78, 5) is 13.9. The fraction of sp³-hybridized carbons (Fsp3) is 0.312. The van der Waals surface area contributed by atoms with Gasteiger partial charge in [-0.15, -0.1) is 11.3 Å². The van der Waals surface area contributed by atoms with Crippen LogP contribution >= 0.6 is 11.3 Å². The van der Waals surface area contributed by atoms with Crippen molar-refractivity contribution in [2.24, 2.45) is 0 Å². The van der Waals surface area contributed by atoms with Gasteiger partial charge in [-0.1, -0.05) is 12.1 Å². The summed E-state index contributed by atoms with van der Waals surface area (Å²) in [7, 11) is 0. The number of aryl methyl sites for hydroxylation is 2. The summed E-state index contributed by atoms with van der Waals surface area (Å²) in [6.07, 6.45) is 3.26. The van der Waals surface area contributed by atoms with Crippen LogP contribution in [-0.4, -0.2) is 5.91 Å². The summed E-state index contributed by atoms with van der Waals surface area (Å²) in [5, 5.41) is 5.26. The van der Waals surface area contributed by atoms with Crippen LogP contribution in [0.2, 0.25) is 0 Å². The highest BCUT2D eigenvalue weighted by Gasteiger charge is 2.24. The number of nitrogen functional groups attached to an aromatic ring is 1. The molecule has 0 spiro atoms. The van der Waals surface area contributed by atoms with Gasteiger partial charge in [0.25, 0.3) is 5.91 Å². The summed E-state index contributed by atoms with van der Waals surface area (Å²) in [6.45, 7) is 1.92. The van der Waals surface area contributed by atoms with Gasteiger partial charge in [-0.05, 0) is 54.8 Å². The second-order valence-electron chi connectivity index (χ2n) is 5.26. The van der Waals surface area contributed by atoms with Crippen LogP contribution in [0.1, 0.15) is 45.2 Å². The van der Waals surface area contributed by atoms with Crippen LogP contribution in [0.25, 0.3) is 0 Å². The molecule has 3 rings (SSSR count). The Labute approximate surface area is 122 Å². The molecule has 104 valence electrons. The number of nitrogens with two attached hydrogens (primary N) is 1. The average Bonchev–Trinajstić information content (AvgIpc) is 2.88. The molecule has 1 aliphatic carbocycles. The monoisotopic (exact) mass is 286 g/mol. The number of carbonyl (C=O) groups is 1. The molecule has 0 radical (unpaired) electrons. The number of rotatable bonds is 2. The zero-order valence-electron chi connectivity index (χ0n) is 11.5. The van der Waals surface area contributed by atoms with Gasteiger partial charge in [0.2, 0.25) is 0 Å². The molecule has 3 nitrogen and oxygen atoms in total. The van der Waals surface area contributed by atoms with Crippen LogP contribution in [0.4, 0.5) is 5.69 Å². The first-order valence-electron chi connectivity index (χ1n) is 6.89. The maximum Gasteiger partial charge on any atom is 0.254 e. The molecule has 1 unspecified atom stereocenters. The molecular weight excluding hydrogens is 268 g/mol. The fourth-order valence-electron chi connectivity index (χ4n) is 2.87. The Hall–Kier alpha value is -1.81. The quantitative estimate of drug-likeness (QED) is 0.831. The van der Waals surface area contributed by atoms with Crippen LogP contribution in [0.15, 0.2) is 29.6 Å². The van der Waals surface area contributed by atoms with Crippen molar-refractivity contribution in [3.63, 3.8) is 0 Å². The van der Waals surface area contributed by atoms with E-state index < -0.39 is 0 Å². The molecule has 0 aliphatic heterocycles. The van der Waals surface area contributed by atoms with E-state index in [1.54, 1.807) is 17.4 Å². The SMILES string of the molecule is Cc1cccc(N)c1C(=O)NC1CCCc2sccc21. The number of fused-ring (bicyclic) bond motifs is 1. The van der Waals surface area contributed by atoms with E-state index in [4.69, 9.17) is 5.73 Å². The third-order valence-electron chi connectivity index (χ3n) is 3.89. The van der Waals surface area contributed by atoms with Crippen LogP contribution in [-0.2, 0) is 6.42 Å². The van der Waals surface area contributed by atoms with E-state index in [1.807, 2.05) is 19.1 Å². The van der Waals surface area contributed by atoms with Crippen LogP contribution in [0.5, 0.6) is 0 Å². The predicted molar refractivity (Wildman–Crippen MR) is 83.1 cm³/mol. The minimum Gasteiger partial charge on any atom is -0.398 e. The minimum atomic E-state index is -0.0651. The normalized spacial score (nSPS) is 17.6. The Kier molecular flexibility index (Phi) is 3.49. The molecule has 0 saturated carbocycles. The number of hydrogen-bond donors (Lipinski definition) is 2. The molecule has 1 atom stereocenters. The van der Waals surface area contributed by atoms with Gasteiger partial charge in [-0.25, -0.2) is 0 Å². The summed E-state index contributed by atoms with van der Waals surface area (Å²) in [6, 6.07) is 7.82.